The van der Waals surface area contributed by atoms with Crippen LogP contribution in [0.1, 0.15) is 35.0 Å². The minimum atomic E-state index is 0.418. The van der Waals surface area contributed by atoms with Gasteiger partial charge in [-0.1, -0.05) is 11.6 Å². The fourth-order valence-electron chi connectivity index (χ4n) is 2.51. The van der Waals surface area contributed by atoms with Crippen molar-refractivity contribution in [2.75, 3.05) is 5.32 Å². The van der Waals surface area contributed by atoms with E-state index in [0.29, 0.717) is 11.2 Å². The standard InChI is InChI=1S/C14H15ClN2S/c1-9-11(5-6-14(15)16-9)17-12-3-2-4-13-10(12)7-8-18-13/h5-8,12,17H,2-4H2,1H3. The van der Waals surface area contributed by atoms with Gasteiger partial charge in [0, 0.05) is 4.88 Å². The summed E-state index contributed by atoms with van der Waals surface area (Å²) in [5.41, 5.74) is 3.51. The summed E-state index contributed by atoms with van der Waals surface area (Å²) >= 11 is 7.76. The van der Waals surface area contributed by atoms with Crippen molar-refractivity contribution in [3.8, 4) is 0 Å². The predicted molar refractivity (Wildman–Crippen MR) is 77.6 cm³/mol. The number of halogens is 1. The first-order valence-corrected chi connectivity index (χ1v) is 7.46. The zero-order valence-corrected chi connectivity index (χ0v) is 11.8. The molecular formula is C14H15ClN2S. The van der Waals surface area contributed by atoms with Gasteiger partial charge >= 0.3 is 0 Å². The summed E-state index contributed by atoms with van der Waals surface area (Å²) in [6.07, 6.45) is 3.67. The molecule has 2 aromatic rings. The second-order valence-corrected chi connectivity index (χ2v) is 6.04. The van der Waals surface area contributed by atoms with Gasteiger partial charge in [-0.25, -0.2) is 4.98 Å². The van der Waals surface area contributed by atoms with Crippen LogP contribution >= 0.6 is 22.9 Å². The number of pyridine rings is 1. The number of hydrogen-bond acceptors (Lipinski definition) is 3. The number of thiophene rings is 1. The number of hydrogen-bond donors (Lipinski definition) is 1. The number of anilines is 1. The summed E-state index contributed by atoms with van der Waals surface area (Å²) in [7, 11) is 0. The Morgan fingerprint density at radius 1 is 1.39 bits per heavy atom. The Hall–Kier alpha value is -1.06. The predicted octanol–water partition coefficient (Wildman–Crippen LogP) is 4.59. The Balaban J connectivity index is 1.86. The van der Waals surface area contributed by atoms with Crippen LogP contribution in [0.2, 0.25) is 5.15 Å². The van der Waals surface area contributed by atoms with Crippen molar-refractivity contribution in [3.05, 3.63) is 44.9 Å². The van der Waals surface area contributed by atoms with Crippen molar-refractivity contribution < 1.29 is 0 Å². The highest BCUT2D eigenvalue weighted by Crippen LogP contribution is 2.35. The molecule has 0 fully saturated rings. The fourth-order valence-corrected chi connectivity index (χ4v) is 3.68. The molecule has 4 heteroatoms. The number of nitrogens with one attached hydrogen (secondary N) is 1. The minimum absolute atomic E-state index is 0.418. The van der Waals surface area contributed by atoms with Crippen LogP contribution in [0.15, 0.2) is 23.6 Å². The Morgan fingerprint density at radius 2 is 2.28 bits per heavy atom. The van der Waals surface area contributed by atoms with Crippen molar-refractivity contribution in [1.82, 2.24) is 4.98 Å². The Bertz CT molecular complexity index is 565. The maximum Gasteiger partial charge on any atom is 0.129 e. The topological polar surface area (TPSA) is 24.9 Å². The van der Waals surface area contributed by atoms with E-state index in [-0.39, 0.29) is 0 Å². The lowest BCUT2D eigenvalue weighted by atomic mass is 9.94. The first-order chi connectivity index (χ1) is 8.74. The van der Waals surface area contributed by atoms with E-state index in [0.717, 1.165) is 11.4 Å². The van der Waals surface area contributed by atoms with Crippen LogP contribution in [0.3, 0.4) is 0 Å². The van der Waals surface area contributed by atoms with Gasteiger partial charge in [0.1, 0.15) is 5.15 Å². The fraction of sp³-hybridized carbons (Fsp3) is 0.357. The van der Waals surface area contributed by atoms with Gasteiger partial charge in [-0.15, -0.1) is 11.3 Å². The lowest BCUT2D eigenvalue weighted by Gasteiger charge is -2.25. The van der Waals surface area contributed by atoms with Gasteiger partial charge in [-0.2, -0.15) is 0 Å². The summed E-state index contributed by atoms with van der Waals surface area (Å²) in [6.45, 7) is 1.99. The minimum Gasteiger partial charge on any atom is -0.377 e. The third kappa shape index (κ3) is 2.25. The molecule has 2 nitrogen and oxygen atoms in total. The highest BCUT2D eigenvalue weighted by molar-refractivity contribution is 7.10. The van der Waals surface area contributed by atoms with E-state index in [1.165, 1.54) is 29.7 Å². The molecule has 3 rings (SSSR count). The quantitative estimate of drug-likeness (QED) is 0.813. The highest BCUT2D eigenvalue weighted by Gasteiger charge is 2.21. The molecule has 0 radical (unpaired) electrons. The van der Waals surface area contributed by atoms with E-state index in [2.05, 4.69) is 21.7 Å². The summed E-state index contributed by atoms with van der Waals surface area (Å²) in [5, 5.41) is 6.35. The van der Waals surface area contributed by atoms with Crippen LogP contribution in [0, 0.1) is 6.92 Å². The Morgan fingerprint density at radius 3 is 3.11 bits per heavy atom. The first-order valence-electron chi connectivity index (χ1n) is 6.20. The van der Waals surface area contributed by atoms with E-state index in [1.54, 1.807) is 0 Å². The monoisotopic (exact) mass is 278 g/mol. The zero-order valence-electron chi connectivity index (χ0n) is 10.2. The zero-order chi connectivity index (χ0) is 12.5. The molecule has 0 saturated heterocycles. The summed E-state index contributed by atoms with van der Waals surface area (Å²) in [6, 6.07) is 6.52. The van der Waals surface area contributed by atoms with Gasteiger partial charge < -0.3 is 5.32 Å². The summed E-state index contributed by atoms with van der Waals surface area (Å²) in [5.74, 6) is 0. The van der Waals surface area contributed by atoms with Crippen molar-refractivity contribution in [3.63, 3.8) is 0 Å². The first kappa shape index (κ1) is 12.0. The summed E-state index contributed by atoms with van der Waals surface area (Å²) < 4.78 is 0. The van der Waals surface area contributed by atoms with E-state index < -0.39 is 0 Å². The third-order valence-corrected chi connectivity index (χ3v) is 4.64. The molecule has 94 valence electrons. The molecule has 0 aromatic carbocycles. The SMILES string of the molecule is Cc1nc(Cl)ccc1NC1CCCc2sccc21. The number of aromatic nitrogens is 1. The molecule has 1 N–H and O–H groups in total. The van der Waals surface area contributed by atoms with E-state index in [4.69, 9.17) is 11.6 Å². The van der Waals surface area contributed by atoms with Gasteiger partial charge in [0.2, 0.25) is 0 Å². The number of rotatable bonds is 2. The summed E-state index contributed by atoms with van der Waals surface area (Å²) in [4.78, 5) is 5.81. The maximum atomic E-state index is 5.89. The van der Waals surface area contributed by atoms with Crippen LogP contribution in [0.4, 0.5) is 5.69 Å². The Labute approximate surface area is 116 Å². The second-order valence-electron chi connectivity index (χ2n) is 4.66. The van der Waals surface area contributed by atoms with Crippen molar-refractivity contribution in [2.24, 2.45) is 0 Å². The second kappa shape index (κ2) is 4.90. The van der Waals surface area contributed by atoms with Crippen LogP contribution in [0.5, 0.6) is 0 Å². The van der Waals surface area contributed by atoms with Crippen LogP contribution in [0.25, 0.3) is 0 Å². The third-order valence-electron chi connectivity index (χ3n) is 3.43. The maximum absolute atomic E-state index is 5.89. The molecule has 2 aromatic heterocycles. The van der Waals surface area contributed by atoms with Crippen LogP contribution < -0.4 is 5.32 Å². The highest BCUT2D eigenvalue weighted by atomic mass is 35.5. The van der Waals surface area contributed by atoms with Crippen molar-refractivity contribution in [1.29, 1.82) is 0 Å². The molecule has 0 bridgehead atoms. The molecule has 0 saturated carbocycles. The molecule has 1 unspecified atom stereocenters. The molecule has 2 heterocycles. The average molecular weight is 279 g/mol. The molecule has 1 atom stereocenters. The molecule has 1 aliphatic carbocycles. The number of aryl methyl sites for hydroxylation is 2. The molecule has 0 amide bonds. The van der Waals surface area contributed by atoms with E-state index in [9.17, 15) is 0 Å². The lowest BCUT2D eigenvalue weighted by Crippen LogP contribution is -2.16. The van der Waals surface area contributed by atoms with Crippen molar-refractivity contribution in [2.45, 2.75) is 32.2 Å². The lowest BCUT2D eigenvalue weighted by molar-refractivity contribution is 0.608. The number of nitrogens with zero attached hydrogens (tertiary/aromatic N) is 1. The van der Waals surface area contributed by atoms with Gasteiger partial charge in [0.25, 0.3) is 0 Å². The molecular weight excluding hydrogens is 264 g/mol. The van der Waals surface area contributed by atoms with Gasteiger partial charge in [-0.05, 0) is 55.3 Å². The number of fused-ring (bicyclic) bond motifs is 1. The normalized spacial score (nSPS) is 18.4. The van der Waals surface area contributed by atoms with Gasteiger partial charge in [-0.3, -0.25) is 0 Å². The van der Waals surface area contributed by atoms with Crippen molar-refractivity contribution >= 4 is 28.6 Å². The van der Waals surface area contributed by atoms with Gasteiger partial charge in [0.05, 0.1) is 17.4 Å². The van der Waals surface area contributed by atoms with Crippen LogP contribution in [-0.4, -0.2) is 4.98 Å². The van der Waals surface area contributed by atoms with E-state index >= 15 is 0 Å². The molecule has 18 heavy (non-hydrogen) atoms. The van der Waals surface area contributed by atoms with E-state index in [1.807, 2.05) is 30.4 Å². The molecule has 1 aliphatic rings. The van der Waals surface area contributed by atoms with Crippen LogP contribution in [-0.2, 0) is 6.42 Å². The molecule has 0 aliphatic heterocycles. The average Bonchev–Trinajstić information content (AvgIpc) is 2.82. The smallest absolute Gasteiger partial charge is 0.129 e. The van der Waals surface area contributed by atoms with Gasteiger partial charge in [0.15, 0.2) is 0 Å². The molecule has 0 spiro atoms. The largest absolute Gasteiger partial charge is 0.377 e. The Kier molecular flexibility index (Phi) is 3.27.